The van der Waals surface area contributed by atoms with Crippen molar-refractivity contribution < 1.29 is 19.1 Å². The Morgan fingerprint density at radius 2 is 2.04 bits per heavy atom. The number of furan rings is 1. The van der Waals surface area contributed by atoms with Crippen molar-refractivity contribution in [2.75, 3.05) is 12.1 Å². The van der Waals surface area contributed by atoms with Crippen LogP contribution in [0.3, 0.4) is 0 Å². The summed E-state index contributed by atoms with van der Waals surface area (Å²) >= 11 is 0. The maximum atomic E-state index is 12.7. The minimum Gasteiger partial charge on any atom is -0.480 e. The number of para-hydroxylation sites is 1. The third-order valence-corrected chi connectivity index (χ3v) is 4.18. The maximum absolute atomic E-state index is 12.7. The third kappa shape index (κ3) is 3.40. The Morgan fingerprint density at radius 1 is 1.32 bits per heavy atom. The lowest BCUT2D eigenvalue weighted by molar-refractivity contribution is -0.138. The lowest BCUT2D eigenvalue weighted by Crippen LogP contribution is -2.35. The highest BCUT2D eigenvalue weighted by Crippen LogP contribution is 2.25. The van der Waals surface area contributed by atoms with Gasteiger partial charge in [0.1, 0.15) is 11.5 Å². The van der Waals surface area contributed by atoms with Crippen molar-refractivity contribution >= 4 is 23.3 Å². The Labute approximate surface area is 145 Å². The number of aryl methyl sites for hydroxylation is 1. The van der Waals surface area contributed by atoms with E-state index < -0.39 is 12.0 Å². The molecule has 1 aliphatic heterocycles. The first-order valence-electron chi connectivity index (χ1n) is 7.90. The van der Waals surface area contributed by atoms with Crippen LogP contribution in [0.4, 0.5) is 5.69 Å². The standard InChI is InChI=1S/C18H19N3O4/c1-12-13(8-9-25-12)11-20(2)17(22)15-10-16(18(23)24)21(19-15)14-6-4-3-5-7-14/h3-9,16H,10-11H2,1-2H3,(H,23,24). The van der Waals surface area contributed by atoms with Crippen LogP contribution in [0.5, 0.6) is 0 Å². The number of benzene rings is 1. The fourth-order valence-corrected chi connectivity index (χ4v) is 2.77. The Bertz CT molecular complexity index is 813. The molecule has 1 amide bonds. The van der Waals surface area contributed by atoms with Gasteiger partial charge in [-0.1, -0.05) is 18.2 Å². The second kappa shape index (κ2) is 6.80. The Morgan fingerprint density at radius 3 is 2.64 bits per heavy atom. The summed E-state index contributed by atoms with van der Waals surface area (Å²) in [6.45, 7) is 2.21. The van der Waals surface area contributed by atoms with Gasteiger partial charge in [-0.25, -0.2) is 4.79 Å². The molecule has 1 aliphatic rings. The summed E-state index contributed by atoms with van der Waals surface area (Å²) in [7, 11) is 1.66. The molecule has 0 saturated heterocycles. The number of hydrogen-bond acceptors (Lipinski definition) is 5. The Hall–Kier alpha value is -3.09. The fourth-order valence-electron chi connectivity index (χ4n) is 2.77. The molecule has 1 N–H and O–H groups in total. The molecular formula is C18H19N3O4. The first-order valence-corrected chi connectivity index (χ1v) is 7.90. The van der Waals surface area contributed by atoms with Crippen molar-refractivity contribution in [1.29, 1.82) is 0 Å². The summed E-state index contributed by atoms with van der Waals surface area (Å²) in [5.74, 6) is -0.545. The van der Waals surface area contributed by atoms with Crippen LogP contribution < -0.4 is 5.01 Å². The SMILES string of the molecule is Cc1occc1CN(C)C(=O)C1=NN(c2ccccc2)C(C(=O)O)C1. The van der Waals surface area contributed by atoms with E-state index in [-0.39, 0.29) is 18.0 Å². The average Bonchev–Trinajstić information content (AvgIpc) is 3.22. The number of anilines is 1. The molecule has 25 heavy (non-hydrogen) atoms. The van der Waals surface area contributed by atoms with Gasteiger partial charge in [0, 0.05) is 25.6 Å². The minimum absolute atomic E-state index is 0.0672. The van der Waals surface area contributed by atoms with Crippen LogP contribution in [-0.2, 0) is 16.1 Å². The molecule has 3 rings (SSSR count). The number of nitrogens with zero attached hydrogens (tertiary/aromatic N) is 3. The third-order valence-electron chi connectivity index (χ3n) is 4.18. The van der Waals surface area contributed by atoms with E-state index in [9.17, 15) is 14.7 Å². The van der Waals surface area contributed by atoms with Gasteiger partial charge in [-0.3, -0.25) is 9.80 Å². The van der Waals surface area contributed by atoms with Crippen molar-refractivity contribution in [2.24, 2.45) is 5.10 Å². The van der Waals surface area contributed by atoms with Gasteiger partial charge >= 0.3 is 5.97 Å². The van der Waals surface area contributed by atoms with Crippen LogP contribution in [0.15, 0.2) is 52.2 Å². The molecule has 2 heterocycles. The lowest BCUT2D eigenvalue weighted by atomic mass is 10.1. The van der Waals surface area contributed by atoms with Crippen LogP contribution in [0.1, 0.15) is 17.7 Å². The first-order chi connectivity index (χ1) is 12.0. The molecule has 7 heteroatoms. The van der Waals surface area contributed by atoms with E-state index in [4.69, 9.17) is 4.42 Å². The number of hydrogen-bond donors (Lipinski definition) is 1. The van der Waals surface area contributed by atoms with Crippen molar-refractivity contribution in [3.63, 3.8) is 0 Å². The van der Waals surface area contributed by atoms with Crippen molar-refractivity contribution in [3.8, 4) is 0 Å². The number of carbonyl (C=O) groups excluding carboxylic acids is 1. The molecule has 0 bridgehead atoms. The molecular weight excluding hydrogens is 322 g/mol. The summed E-state index contributed by atoms with van der Waals surface area (Å²) < 4.78 is 5.24. The number of carboxylic acids is 1. The Kier molecular flexibility index (Phi) is 4.56. The fraction of sp³-hybridized carbons (Fsp3) is 0.278. The molecule has 2 aromatic rings. The van der Waals surface area contributed by atoms with Crippen LogP contribution in [0, 0.1) is 6.92 Å². The second-order valence-corrected chi connectivity index (χ2v) is 5.95. The van der Waals surface area contributed by atoms with Crippen molar-refractivity contribution in [1.82, 2.24) is 4.90 Å². The number of hydrazone groups is 1. The van der Waals surface area contributed by atoms with Gasteiger partial charge < -0.3 is 14.4 Å². The number of rotatable bonds is 5. The van der Waals surface area contributed by atoms with E-state index in [0.29, 0.717) is 12.2 Å². The monoisotopic (exact) mass is 341 g/mol. The van der Waals surface area contributed by atoms with Crippen LogP contribution in [0.2, 0.25) is 0 Å². The molecule has 0 fully saturated rings. The predicted molar refractivity (Wildman–Crippen MR) is 92.3 cm³/mol. The largest absolute Gasteiger partial charge is 0.480 e. The first kappa shape index (κ1) is 16.8. The van der Waals surface area contributed by atoms with E-state index in [1.807, 2.05) is 19.1 Å². The molecule has 7 nitrogen and oxygen atoms in total. The molecule has 130 valence electrons. The highest BCUT2D eigenvalue weighted by molar-refractivity contribution is 6.40. The highest BCUT2D eigenvalue weighted by atomic mass is 16.4. The number of aliphatic carboxylic acids is 1. The van der Waals surface area contributed by atoms with Crippen molar-refractivity contribution in [3.05, 3.63) is 54.0 Å². The van der Waals surface area contributed by atoms with Gasteiger partial charge in [-0.2, -0.15) is 5.10 Å². The van der Waals surface area contributed by atoms with Gasteiger partial charge in [-0.05, 0) is 25.1 Å². The van der Waals surface area contributed by atoms with E-state index in [1.165, 1.54) is 9.91 Å². The summed E-state index contributed by atoms with van der Waals surface area (Å²) in [4.78, 5) is 25.8. The number of amides is 1. The number of carbonyl (C=O) groups is 2. The van der Waals surface area contributed by atoms with Gasteiger partial charge in [0.25, 0.3) is 5.91 Å². The highest BCUT2D eigenvalue weighted by Gasteiger charge is 2.37. The molecule has 0 radical (unpaired) electrons. The quantitative estimate of drug-likeness (QED) is 0.901. The Balaban J connectivity index is 1.80. The molecule has 1 aromatic heterocycles. The van der Waals surface area contributed by atoms with E-state index >= 15 is 0 Å². The van der Waals surface area contributed by atoms with Gasteiger partial charge in [0.15, 0.2) is 6.04 Å². The zero-order valence-corrected chi connectivity index (χ0v) is 14.0. The van der Waals surface area contributed by atoms with Gasteiger partial charge in [-0.15, -0.1) is 0 Å². The topological polar surface area (TPSA) is 86.4 Å². The van der Waals surface area contributed by atoms with Gasteiger partial charge in [0.2, 0.25) is 0 Å². The minimum atomic E-state index is -1.01. The second-order valence-electron chi connectivity index (χ2n) is 5.95. The van der Waals surface area contributed by atoms with Crippen molar-refractivity contribution in [2.45, 2.75) is 25.9 Å². The zero-order chi connectivity index (χ0) is 18.0. The molecule has 0 spiro atoms. The van der Waals surface area contributed by atoms with Crippen LogP contribution >= 0.6 is 0 Å². The summed E-state index contributed by atoms with van der Waals surface area (Å²) in [6.07, 6.45) is 1.64. The maximum Gasteiger partial charge on any atom is 0.328 e. The summed E-state index contributed by atoms with van der Waals surface area (Å²) in [5.41, 5.74) is 1.79. The summed E-state index contributed by atoms with van der Waals surface area (Å²) in [6, 6.07) is 9.91. The van der Waals surface area contributed by atoms with Gasteiger partial charge in [0.05, 0.1) is 12.0 Å². The molecule has 0 saturated carbocycles. The van der Waals surface area contributed by atoms with Crippen LogP contribution in [-0.4, -0.2) is 40.7 Å². The van der Waals surface area contributed by atoms with E-state index in [2.05, 4.69) is 5.10 Å². The average molecular weight is 341 g/mol. The summed E-state index contributed by atoms with van der Waals surface area (Å²) in [5, 5.41) is 15.2. The normalized spacial score (nSPS) is 16.6. The molecule has 0 aliphatic carbocycles. The zero-order valence-electron chi connectivity index (χ0n) is 14.0. The van der Waals surface area contributed by atoms with Crippen LogP contribution in [0.25, 0.3) is 0 Å². The van der Waals surface area contributed by atoms with E-state index in [0.717, 1.165) is 11.3 Å². The molecule has 1 unspecified atom stereocenters. The molecule has 1 atom stereocenters. The van der Waals surface area contributed by atoms with E-state index in [1.54, 1.807) is 37.6 Å². The smallest absolute Gasteiger partial charge is 0.328 e. The number of carboxylic acid groups (broad SMARTS) is 1. The lowest BCUT2D eigenvalue weighted by Gasteiger charge is -2.19. The molecule has 1 aromatic carbocycles. The predicted octanol–water partition coefficient (Wildman–Crippen LogP) is 2.27.